The van der Waals surface area contributed by atoms with Crippen molar-refractivity contribution in [1.29, 1.82) is 0 Å². The fourth-order valence-corrected chi connectivity index (χ4v) is 1.82. The zero-order chi connectivity index (χ0) is 14.3. The van der Waals surface area contributed by atoms with E-state index >= 15 is 0 Å². The lowest BCUT2D eigenvalue weighted by molar-refractivity contribution is -0.121. The number of carbonyl (C=O) groups excluding carboxylic acids is 1. The molecular weight excluding hydrogens is 242 g/mol. The van der Waals surface area contributed by atoms with Crippen LogP contribution in [0, 0.1) is 5.92 Å². The van der Waals surface area contributed by atoms with Gasteiger partial charge in [-0.05, 0) is 24.0 Å². The number of carboxylic acid groups (broad SMARTS) is 1. The summed E-state index contributed by atoms with van der Waals surface area (Å²) >= 11 is 0. The number of aromatic carboxylic acids is 1. The largest absolute Gasteiger partial charge is 0.478 e. The van der Waals surface area contributed by atoms with Crippen LogP contribution >= 0.6 is 0 Å². The lowest BCUT2D eigenvalue weighted by Gasteiger charge is -2.10. The van der Waals surface area contributed by atoms with Gasteiger partial charge in [-0.1, -0.05) is 38.5 Å². The molecule has 104 valence electrons. The van der Waals surface area contributed by atoms with Gasteiger partial charge in [0.25, 0.3) is 0 Å². The number of nitrogens with one attached hydrogen (secondary N) is 1. The number of benzene rings is 1. The normalized spacial score (nSPS) is 11.9. The van der Waals surface area contributed by atoms with Crippen molar-refractivity contribution in [3.05, 3.63) is 35.4 Å². The Balaban J connectivity index is 2.45. The van der Waals surface area contributed by atoms with Gasteiger partial charge in [0.15, 0.2) is 0 Å². The lowest BCUT2D eigenvalue weighted by Crippen LogP contribution is -2.27. The Kier molecular flexibility index (Phi) is 6.06. The van der Waals surface area contributed by atoms with E-state index in [1.807, 2.05) is 13.0 Å². The van der Waals surface area contributed by atoms with Crippen molar-refractivity contribution in [2.75, 3.05) is 6.54 Å². The summed E-state index contributed by atoms with van der Waals surface area (Å²) in [5.74, 6) is -0.519. The first-order valence-electron chi connectivity index (χ1n) is 6.62. The van der Waals surface area contributed by atoms with Gasteiger partial charge in [0.1, 0.15) is 0 Å². The van der Waals surface area contributed by atoms with Crippen molar-refractivity contribution in [3.63, 3.8) is 0 Å². The molecule has 0 saturated carbocycles. The van der Waals surface area contributed by atoms with E-state index in [0.717, 1.165) is 12.0 Å². The maximum atomic E-state index is 11.6. The fraction of sp³-hybridized carbons (Fsp3) is 0.467. The highest BCUT2D eigenvalue weighted by Gasteiger charge is 2.10. The van der Waals surface area contributed by atoms with Crippen LogP contribution in [0.25, 0.3) is 0 Å². The van der Waals surface area contributed by atoms with Crippen molar-refractivity contribution >= 4 is 11.9 Å². The summed E-state index contributed by atoms with van der Waals surface area (Å²) in [5, 5.41) is 11.9. The monoisotopic (exact) mass is 263 g/mol. The minimum Gasteiger partial charge on any atom is -0.478 e. The molecule has 0 aliphatic heterocycles. The van der Waals surface area contributed by atoms with E-state index in [4.69, 9.17) is 5.11 Å². The summed E-state index contributed by atoms with van der Waals surface area (Å²) in [4.78, 5) is 22.6. The van der Waals surface area contributed by atoms with Crippen molar-refractivity contribution in [3.8, 4) is 0 Å². The fourth-order valence-electron chi connectivity index (χ4n) is 1.82. The molecule has 1 aromatic rings. The molecule has 0 aromatic heterocycles. The second-order valence-corrected chi connectivity index (χ2v) is 4.78. The average molecular weight is 263 g/mol. The zero-order valence-corrected chi connectivity index (χ0v) is 11.5. The van der Waals surface area contributed by atoms with Crippen molar-refractivity contribution < 1.29 is 14.7 Å². The SMILES string of the molecule is CCC(C)CC(=O)NCCc1ccccc1C(=O)O. The second-order valence-electron chi connectivity index (χ2n) is 4.78. The number of hydrogen-bond donors (Lipinski definition) is 2. The van der Waals surface area contributed by atoms with Crippen LogP contribution < -0.4 is 5.32 Å². The second kappa shape index (κ2) is 7.56. The van der Waals surface area contributed by atoms with Gasteiger partial charge in [-0.15, -0.1) is 0 Å². The molecule has 1 amide bonds. The summed E-state index contributed by atoms with van der Waals surface area (Å²) in [7, 11) is 0. The number of hydrogen-bond acceptors (Lipinski definition) is 2. The Hall–Kier alpha value is -1.84. The number of carboxylic acids is 1. The predicted molar refractivity (Wildman–Crippen MR) is 74.2 cm³/mol. The molecule has 0 bridgehead atoms. The van der Waals surface area contributed by atoms with Crippen LogP contribution in [-0.4, -0.2) is 23.5 Å². The Morgan fingerprint density at radius 2 is 2.00 bits per heavy atom. The third-order valence-corrected chi connectivity index (χ3v) is 3.20. The number of rotatable bonds is 7. The lowest BCUT2D eigenvalue weighted by atomic mass is 10.0. The summed E-state index contributed by atoms with van der Waals surface area (Å²) in [6.45, 7) is 4.57. The molecule has 0 heterocycles. The van der Waals surface area contributed by atoms with Crippen molar-refractivity contribution in [1.82, 2.24) is 5.32 Å². The predicted octanol–water partition coefficient (Wildman–Crippen LogP) is 2.48. The number of amides is 1. The topological polar surface area (TPSA) is 66.4 Å². The molecule has 19 heavy (non-hydrogen) atoms. The summed E-state index contributed by atoms with van der Waals surface area (Å²) in [5.41, 5.74) is 1.05. The van der Waals surface area contributed by atoms with Crippen LogP contribution in [0.4, 0.5) is 0 Å². The Morgan fingerprint density at radius 3 is 2.63 bits per heavy atom. The Morgan fingerprint density at radius 1 is 1.32 bits per heavy atom. The van der Waals surface area contributed by atoms with Gasteiger partial charge in [-0.25, -0.2) is 4.79 Å². The standard InChI is InChI=1S/C15H21NO3/c1-3-11(2)10-14(17)16-9-8-12-6-4-5-7-13(12)15(18)19/h4-7,11H,3,8-10H2,1-2H3,(H,16,17)(H,18,19). The summed E-state index contributed by atoms with van der Waals surface area (Å²) < 4.78 is 0. The molecule has 0 radical (unpaired) electrons. The summed E-state index contributed by atoms with van der Waals surface area (Å²) in [6.07, 6.45) is 2.04. The molecule has 1 rings (SSSR count). The maximum absolute atomic E-state index is 11.6. The van der Waals surface area contributed by atoms with E-state index in [1.54, 1.807) is 18.2 Å². The molecule has 1 unspecified atom stereocenters. The maximum Gasteiger partial charge on any atom is 0.335 e. The molecule has 0 spiro atoms. The highest BCUT2D eigenvalue weighted by atomic mass is 16.4. The molecule has 0 fully saturated rings. The molecule has 4 nitrogen and oxygen atoms in total. The van der Waals surface area contributed by atoms with Gasteiger partial charge in [-0.2, -0.15) is 0 Å². The molecular formula is C15H21NO3. The van der Waals surface area contributed by atoms with Gasteiger partial charge in [0, 0.05) is 13.0 Å². The van der Waals surface area contributed by atoms with E-state index < -0.39 is 5.97 Å². The van der Waals surface area contributed by atoms with E-state index in [-0.39, 0.29) is 5.91 Å². The molecule has 1 aromatic carbocycles. The van der Waals surface area contributed by atoms with Gasteiger partial charge in [0.2, 0.25) is 5.91 Å². The van der Waals surface area contributed by atoms with Gasteiger partial charge >= 0.3 is 5.97 Å². The third-order valence-electron chi connectivity index (χ3n) is 3.20. The third kappa shape index (κ3) is 5.12. The Bertz CT molecular complexity index is 443. The minimum atomic E-state index is -0.929. The van der Waals surface area contributed by atoms with Crippen LogP contribution in [0.5, 0.6) is 0 Å². The molecule has 2 N–H and O–H groups in total. The molecule has 0 aliphatic rings. The average Bonchev–Trinajstić information content (AvgIpc) is 2.38. The van der Waals surface area contributed by atoms with Crippen LogP contribution in [0.3, 0.4) is 0 Å². The molecule has 1 atom stereocenters. The van der Waals surface area contributed by atoms with E-state index in [2.05, 4.69) is 12.2 Å². The van der Waals surface area contributed by atoms with E-state index in [1.165, 1.54) is 0 Å². The molecule has 0 aliphatic carbocycles. The first-order valence-corrected chi connectivity index (χ1v) is 6.62. The smallest absolute Gasteiger partial charge is 0.335 e. The molecule has 0 saturated heterocycles. The molecule has 4 heteroatoms. The van der Waals surface area contributed by atoms with Gasteiger partial charge in [-0.3, -0.25) is 4.79 Å². The van der Waals surface area contributed by atoms with Crippen LogP contribution in [0.2, 0.25) is 0 Å². The van der Waals surface area contributed by atoms with Gasteiger partial charge < -0.3 is 10.4 Å². The summed E-state index contributed by atoms with van der Waals surface area (Å²) in [6, 6.07) is 6.88. The van der Waals surface area contributed by atoms with Crippen LogP contribution in [0.15, 0.2) is 24.3 Å². The Labute approximate surface area is 113 Å². The number of carbonyl (C=O) groups is 2. The first kappa shape index (κ1) is 15.2. The highest BCUT2D eigenvalue weighted by molar-refractivity contribution is 5.89. The van der Waals surface area contributed by atoms with Crippen LogP contribution in [-0.2, 0) is 11.2 Å². The van der Waals surface area contributed by atoms with Gasteiger partial charge in [0.05, 0.1) is 5.56 Å². The first-order chi connectivity index (χ1) is 9.04. The minimum absolute atomic E-state index is 0.0298. The van der Waals surface area contributed by atoms with Crippen molar-refractivity contribution in [2.24, 2.45) is 5.92 Å². The van der Waals surface area contributed by atoms with Crippen molar-refractivity contribution in [2.45, 2.75) is 33.1 Å². The van der Waals surface area contributed by atoms with E-state index in [0.29, 0.717) is 30.9 Å². The quantitative estimate of drug-likeness (QED) is 0.794. The highest BCUT2D eigenvalue weighted by Crippen LogP contribution is 2.09. The van der Waals surface area contributed by atoms with E-state index in [9.17, 15) is 9.59 Å². The van der Waals surface area contributed by atoms with Crippen LogP contribution in [0.1, 0.15) is 42.6 Å². The zero-order valence-electron chi connectivity index (χ0n) is 11.5.